The second-order valence-corrected chi connectivity index (χ2v) is 3.08. The summed E-state index contributed by atoms with van der Waals surface area (Å²) >= 11 is 0. The van der Waals surface area contributed by atoms with E-state index in [4.69, 9.17) is 5.11 Å². The number of carbonyl (C=O) groups excluding carboxylic acids is 1. The molecule has 0 aliphatic heterocycles. The third kappa shape index (κ3) is 3.49. The Morgan fingerprint density at radius 2 is 1.82 bits per heavy atom. The number of benzene rings is 1. The topological polar surface area (TPSA) is 97.7 Å². The molecule has 0 spiro atoms. The van der Waals surface area contributed by atoms with Crippen molar-refractivity contribution >= 4 is 17.5 Å². The standard InChI is InChI=1S/C12H10O5/c13-9-5-2-1-4-8(9)10(14)6-3-7-11(15)12(16)17/h1-7,13-14H,(H,16,17)/p-1. The van der Waals surface area contributed by atoms with E-state index in [-0.39, 0.29) is 17.1 Å². The fourth-order valence-electron chi connectivity index (χ4n) is 1.07. The molecule has 0 amide bonds. The Balaban J connectivity index is 2.84. The van der Waals surface area contributed by atoms with Crippen LogP contribution in [0.4, 0.5) is 0 Å². The van der Waals surface area contributed by atoms with E-state index in [1.54, 1.807) is 6.07 Å². The van der Waals surface area contributed by atoms with Crippen LogP contribution in [0.2, 0.25) is 0 Å². The monoisotopic (exact) mass is 233 g/mol. The van der Waals surface area contributed by atoms with Crippen molar-refractivity contribution in [2.24, 2.45) is 0 Å². The number of carboxylic acid groups (broad SMARTS) is 1. The summed E-state index contributed by atoms with van der Waals surface area (Å²) in [6, 6.07) is 5.81. The van der Waals surface area contributed by atoms with Crippen molar-refractivity contribution in [3.05, 3.63) is 48.1 Å². The molecule has 0 saturated heterocycles. The summed E-state index contributed by atoms with van der Waals surface area (Å²) in [7, 11) is 0. The smallest absolute Gasteiger partial charge is 0.376 e. The Morgan fingerprint density at radius 1 is 1.18 bits per heavy atom. The van der Waals surface area contributed by atoms with Gasteiger partial charge in [-0.25, -0.2) is 4.79 Å². The fraction of sp³-hybridized carbons (Fsp3) is 0. The van der Waals surface area contributed by atoms with Gasteiger partial charge in [0.1, 0.15) is 5.76 Å². The van der Waals surface area contributed by atoms with Crippen LogP contribution < -0.4 is 5.11 Å². The Kier molecular flexibility index (Phi) is 4.05. The maximum absolute atomic E-state index is 11.3. The first-order valence-corrected chi connectivity index (χ1v) is 4.63. The minimum Gasteiger partial charge on any atom is -0.872 e. The SMILES string of the molecule is O=C(O)C(=O)C=CC=C(O)c1ccccc1[O-]. The number of hydrogen-bond donors (Lipinski definition) is 2. The van der Waals surface area contributed by atoms with Gasteiger partial charge in [0.2, 0.25) is 0 Å². The molecule has 0 heterocycles. The van der Waals surface area contributed by atoms with Gasteiger partial charge in [0.25, 0.3) is 5.78 Å². The first-order chi connectivity index (χ1) is 8.02. The van der Waals surface area contributed by atoms with Crippen LogP contribution in [-0.4, -0.2) is 22.0 Å². The van der Waals surface area contributed by atoms with E-state index in [1.807, 2.05) is 0 Å². The molecule has 0 aromatic heterocycles. The fourth-order valence-corrected chi connectivity index (χ4v) is 1.07. The van der Waals surface area contributed by atoms with E-state index in [9.17, 15) is 19.8 Å². The zero-order chi connectivity index (χ0) is 12.8. The molecule has 0 bridgehead atoms. The largest absolute Gasteiger partial charge is 0.872 e. The molecule has 0 atom stereocenters. The van der Waals surface area contributed by atoms with Gasteiger partial charge in [0.15, 0.2) is 0 Å². The molecule has 2 N–H and O–H groups in total. The summed E-state index contributed by atoms with van der Waals surface area (Å²) in [6.07, 6.45) is 2.93. The van der Waals surface area contributed by atoms with Gasteiger partial charge < -0.3 is 15.3 Å². The average molecular weight is 233 g/mol. The maximum Gasteiger partial charge on any atom is 0.376 e. The molecule has 5 nitrogen and oxygen atoms in total. The highest BCUT2D eigenvalue weighted by atomic mass is 16.4. The van der Waals surface area contributed by atoms with Gasteiger partial charge in [-0.1, -0.05) is 36.1 Å². The summed E-state index contributed by atoms with van der Waals surface area (Å²) in [5.41, 5.74) is 0.0833. The Bertz CT molecular complexity index is 499. The predicted molar refractivity (Wildman–Crippen MR) is 58.3 cm³/mol. The van der Waals surface area contributed by atoms with Crippen molar-refractivity contribution in [3.8, 4) is 5.75 Å². The van der Waals surface area contributed by atoms with E-state index in [0.29, 0.717) is 0 Å². The molecule has 0 aliphatic carbocycles. The average Bonchev–Trinajstić information content (AvgIpc) is 2.29. The molecule has 0 aliphatic rings. The highest BCUT2D eigenvalue weighted by Gasteiger charge is 2.04. The van der Waals surface area contributed by atoms with E-state index in [2.05, 4.69) is 0 Å². The van der Waals surface area contributed by atoms with Crippen LogP contribution in [0.15, 0.2) is 42.5 Å². The third-order valence-corrected chi connectivity index (χ3v) is 1.88. The van der Waals surface area contributed by atoms with Crippen molar-refractivity contribution in [2.75, 3.05) is 0 Å². The molecule has 0 unspecified atom stereocenters. The molecule has 0 saturated carbocycles. The number of allylic oxidation sites excluding steroid dienone is 2. The van der Waals surface area contributed by atoms with E-state index >= 15 is 0 Å². The Labute approximate surface area is 96.9 Å². The number of aliphatic hydroxyl groups is 1. The molecule has 1 aromatic rings. The maximum atomic E-state index is 11.3. The molecule has 88 valence electrons. The summed E-state index contributed by atoms with van der Waals surface area (Å²) in [5.74, 6) is -3.38. The molecule has 1 aromatic carbocycles. The highest BCUT2D eigenvalue weighted by molar-refractivity contribution is 6.37. The highest BCUT2D eigenvalue weighted by Crippen LogP contribution is 2.19. The second-order valence-electron chi connectivity index (χ2n) is 3.08. The van der Waals surface area contributed by atoms with E-state index in [1.165, 1.54) is 18.2 Å². The predicted octanol–water partition coefficient (Wildman–Crippen LogP) is 0.869. The van der Waals surface area contributed by atoms with Crippen molar-refractivity contribution in [1.29, 1.82) is 0 Å². The summed E-state index contributed by atoms with van der Waals surface area (Å²) in [6.45, 7) is 0. The van der Waals surface area contributed by atoms with Gasteiger partial charge in [0, 0.05) is 5.56 Å². The lowest BCUT2D eigenvalue weighted by atomic mass is 10.1. The van der Waals surface area contributed by atoms with Gasteiger partial charge in [-0.3, -0.25) is 4.79 Å². The Morgan fingerprint density at radius 3 is 2.41 bits per heavy atom. The summed E-state index contributed by atoms with van der Waals surface area (Å²) < 4.78 is 0. The van der Waals surface area contributed by atoms with Crippen molar-refractivity contribution in [2.45, 2.75) is 0 Å². The summed E-state index contributed by atoms with van der Waals surface area (Å²) in [4.78, 5) is 20.8. The number of ketones is 1. The van der Waals surface area contributed by atoms with Crippen LogP contribution in [0, 0.1) is 0 Å². The zero-order valence-corrected chi connectivity index (χ0v) is 8.66. The van der Waals surface area contributed by atoms with Gasteiger partial charge >= 0.3 is 5.97 Å². The first kappa shape index (κ1) is 12.5. The Hall–Kier alpha value is -2.56. The molecular weight excluding hydrogens is 224 g/mol. The number of aliphatic hydroxyl groups excluding tert-OH is 1. The minimum absolute atomic E-state index is 0.0833. The number of carbonyl (C=O) groups is 2. The van der Waals surface area contributed by atoms with Crippen LogP contribution in [0.5, 0.6) is 5.75 Å². The lowest BCUT2D eigenvalue weighted by molar-refractivity contribution is -0.268. The van der Waals surface area contributed by atoms with Crippen LogP contribution in [0.25, 0.3) is 5.76 Å². The lowest BCUT2D eigenvalue weighted by Gasteiger charge is -2.11. The van der Waals surface area contributed by atoms with Gasteiger partial charge in [0.05, 0.1) is 0 Å². The van der Waals surface area contributed by atoms with Crippen LogP contribution in [-0.2, 0) is 9.59 Å². The van der Waals surface area contributed by atoms with Crippen LogP contribution in [0.1, 0.15) is 5.56 Å². The van der Waals surface area contributed by atoms with E-state index in [0.717, 1.165) is 18.2 Å². The van der Waals surface area contributed by atoms with Crippen LogP contribution >= 0.6 is 0 Å². The quantitative estimate of drug-likeness (QED) is 0.348. The van der Waals surface area contributed by atoms with Gasteiger partial charge in [-0.2, -0.15) is 0 Å². The molecule has 0 radical (unpaired) electrons. The zero-order valence-electron chi connectivity index (χ0n) is 8.66. The van der Waals surface area contributed by atoms with Crippen molar-refractivity contribution < 1.29 is 24.9 Å². The van der Waals surface area contributed by atoms with Crippen LogP contribution in [0.3, 0.4) is 0 Å². The summed E-state index contributed by atoms with van der Waals surface area (Å²) in [5, 5.41) is 29.1. The number of rotatable bonds is 4. The minimum atomic E-state index is -1.58. The molecule has 5 heteroatoms. The van der Waals surface area contributed by atoms with Gasteiger partial charge in [-0.05, 0) is 12.2 Å². The number of aliphatic carboxylic acids is 1. The van der Waals surface area contributed by atoms with Crippen molar-refractivity contribution in [1.82, 2.24) is 0 Å². The number of carboxylic acids is 1. The van der Waals surface area contributed by atoms with Crippen molar-refractivity contribution in [3.63, 3.8) is 0 Å². The molecular formula is C12H9O5-. The third-order valence-electron chi connectivity index (χ3n) is 1.88. The molecule has 1 rings (SSSR count). The first-order valence-electron chi connectivity index (χ1n) is 4.63. The molecule has 17 heavy (non-hydrogen) atoms. The second kappa shape index (κ2) is 5.50. The number of para-hydroxylation sites is 1. The number of hydrogen-bond acceptors (Lipinski definition) is 4. The molecule has 0 fully saturated rings. The lowest BCUT2D eigenvalue weighted by Crippen LogP contribution is -2.08. The normalized spacial score (nSPS) is 11.6. The van der Waals surface area contributed by atoms with E-state index < -0.39 is 11.8 Å². The van der Waals surface area contributed by atoms with Gasteiger partial charge in [-0.15, -0.1) is 0 Å².